The van der Waals surface area contributed by atoms with Gasteiger partial charge in [-0.2, -0.15) is 0 Å². The summed E-state index contributed by atoms with van der Waals surface area (Å²) in [6.45, 7) is 2.00. The van der Waals surface area contributed by atoms with Crippen LogP contribution in [0.5, 0.6) is 0 Å². The summed E-state index contributed by atoms with van der Waals surface area (Å²) in [7, 11) is 0. The summed E-state index contributed by atoms with van der Waals surface area (Å²) >= 11 is 7.15. The number of carbonyl (C=O) groups excluding carboxylic acids is 2. The van der Waals surface area contributed by atoms with Crippen LogP contribution >= 0.6 is 23.4 Å². The zero-order valence-corrected chi connectivity index (χ0v) is 17.2. The van der Waals surface area contributed by atoms with Crippen LogP contribution in [-0.4, -0.2) is 34.4 Å². The first-order valence-corrected chi connectivity index (χ1v) is 10.2. The Morgan fingerprint density at radius 3 is 2.48 bits per heavy atom. The molecule has 0 atom stereocenters. The summed E-state index contributed by atoms with van der Waals surface area (Å²) < 4.78 is 5.01. The van der Waals surface area contributed by atoms with Crippen LogP contribution in [0, 0.1) is 0 Å². The molecule has 3 aromatic rings. The number of halogens is 1. The number of hydrogen-bond acceptors (Lipinski definition) is 6. The third-order valence-electron chi connectivity index (χ3n) is 3.83. The molecule has 0 aliphatic rings. The summed E-state index contributed by atoms with van der Waals surface area (Å²) in [6.07, 6.45) is 0. The fourth-order valence-corrected chi connectivity index (χ4v) is 3.22. The smallest absolute Gasteiger partial charge is 0.340 e. The highest BCUT2D eigenvalue weighted by Crippen LogP contribution is 2.22. The van der Waals surface area contributed by atoms with Crippen molar-refractivity contribution in [1.29, 1.82) is 0 Å². The lowest BCUT2D eigenvalue weighted by molar-refractivity contribution is -0.113. The van der Waals surface area contributed by atoms with Crippen LogP contribution in [0.4, 0.5) is 5.69 Å². The Balaban J connectivity index is 1.59. The van der Waals surface area contributed by atoms with E-state index in [1.54, 1.807) is 49.4 Å². The first-order valence-electron chi connectivity index (χ1n) is 8.85. The summed E-state index contributed by atoms with van der Waals surface area (Å²) in [5.74, 6) is -0.596. The maximum absolute atomic E-state index is 12.3. The average Bonchev–Trinajstić information content (AvgIpc) is 2.74. The van der Waals surface area contributed by atoms with Crippen molar-refractivity contribution in [2.24, 2.45) is 0 Å². The van der Waals surface area contributed by atoms with Crippen LogP contribution in [0.3, 0.4) is 0 Å². The molecule has 1 heterocycles. The molecule has 2 aromatic carbocycles. The lowest BCUT2D eigenvalue weighted by Gasteiger charge is -2.10. The SMILES string of the molecule is CCOC(=O)c1ccccc1NC(=O)CSc1ccc(-c2ccc(Cl)cc2)nn1. The van der Waals surface area contributed by atoms with Gasteiger partial charge in [0.2, 0.25) is 5.91 Å². The summed E-state index contributed by atoms with van der Waals surface area (Å²) in [6, 6.07) is 17.7. The molecular formula is C21H18ClN3O3S. The number of hydrogen-bond donors (Lipinski definition) is 1. The van der Waals surface area contributed by atoms with Gasteiger partial charge in [0.25, 0.3) is 0 Å². The van der Waals surface area contributed by atoms with Crippen molar-refractivity contribution < 1.29 is 14.3 Å². The number of amides is 1. The van der Waals surface area contributed by atoms with Crippen LogP contribution < -0.4 is 5.32 Å². The molecule has 1 aromatic heterocycles. The van der Waals surface area contributed by atoms with E-state index < -0.39 is 5.97 Å². The quantitative estimate of drug-likeness (QED) is 0.434. The van der Waals surface area contributed by atoms with Gasteiger partial charge in [0.15, 0.2) is 0 Å². The third kappa shape index (κ3) is 5.79. The van der Waals surface area contributed by atoms with Crippen molar-refractivity contribution in [2.75, 3.05) is 17.7 Å². The minimum absolute atomic E-state index is 0.131. The Labute approximate surface area is 177 Å². The molecule has 0 radical (unpaired) electrons. The fraction of sp³-hybridized carbons (Fsp3) is 0.143. The van der Waals surface area contributed by atoms with Gasteiger partial charge >= 0.3 is 5.97 Å². The molecule has 0 aliphatic carbocycles. The molecule has 0 spiro atoms. The highest BCUT2D eigenvalue weighted by atomic mass is 35.5. The predicted molar refractivity (Wildman–Crippen MR) is 114 cm³/mol. The molecule has 29 heavy (non-hydrogen) atoms. The van der Waals surface area contributed by atoms with Gasteiger partial charge in [-0.05, 0) is 43.3 Å². The van der Waals surface area contributed by atoms with E-state index in [9.17, 15) is 9.59 Å². The molecule has 0 saturated heterocycles. The van der Waals surface area contributed by atoms with Crippen LogP contribution in [0.15, 0.2) is 65.7 Å². The van der Waals surface area contributed by atoms with E-state index >= 15 is 0 Å². The van der Waals surface area contributed by atoms with Gasteiger partial charge in [0.05, 0.1) is 29.3 Å². The number of ether oxygens (including phenoxy) is 1. The number of aromatic nitrogens is 2. The topological polar surface area (TPSA) is 81.2 Å². The van der Waals surface area contributed by atoms with Crippen molar-refractivity contribution in [3.05, 3.63) is 71.2 Å². The highest BCUT2D eigenvalue weighted by Gasteiger charge is 2.14. The Morgan fingerprint density at radius 1 is 1.03 bits per heavy atom. The van der Waals surface area contributed by atoms with Gasteiger partial charge in [-0.15, -0.1) is 10.2 Å². The number of benzene rings is 2. The number of rotatable bonds is 7. The van der Waals surface area contributed by atoms with Crippen molar-refractivity contribution in [3.8, 4) is 11.3 Å². The van der Waals surface area contributed by atoms with Gasteiger partial charge in [-0.3, -0.25) is 4.79 Å². The number of nitrogens with zero attached hydrogens (tertiary/aromatic N) is 2. The standard InChI is InChI=1S/C21H18ClN3O3S/c1-2-28-21(27)16-5-3-4-6-18(16)23-19(26)13-29-20-12-11-17(24-25-20)14-7-9-15(22)10-8-14/h3-12H,2,13H2,1H3,(H,23,26). The molecule has 3 rings (SSSR count). The van der Waals surface area contributed by atoms with Gasteiger partial charge in [0.1, 0.15) is 5.03 Å². The van der Waals surface area contributed by atoms with E-state index in [1.165, 1.54) is 11.8 Å². The molecule has 1 N–H and O–H groups in total. The molecule has 0 bridgehead atoms. The first kappa shape index (κ1) is 20.8. The van der Waals surface area contributed by atoms with E-state index in [-0.39, 0.29) is 18.3 Å². The van der Waals surface area contributed by atoms with E-state index in [1.807, 2.05) is 18.2 Å². The summed E-state index contributed by atoms with van der Waals surface area (Å²) in [4.78, 5) is 24.3. The Kier molecular flexibility index (Phi) is 7.21. The number of para-hydroxylation sites is 1. The number of anilines is 1. The molecule has 6 nitrogen and oxygen atoms in total. The molecule has 148 valence electrons. The lowest BCUT2D eigenvalue weighted by atomic mass is 10.1. The van der Waals surface area contributed by atoms with Crippen LogP contribution in [0.2, 0.25) is 5.02 Å². The Bertz CT molecular complexity index is 995. The minimum atomic E-state index is -0.472. The third-order valence-corrected chi connectivity index (χ3v) is 5.00. The number of carbonyl (C=O) groups is 2. The van der Waals surface area contributed by atoms with Gasteiger partial charge in [-0.1, -0.05) is 47.6 Å². The molecule has 0 saturated carbocycles. The van der Waals surface area contributed by atoms with Crippen LogP contribution in [0.25, 0.3) is 11.3 Å². The van der Waals surface area contributed by atoms with Crippen molar-refractivity contribution in [2.45, 2.75) is 11.9 Å². The molecule has 0 fully saturated rings. The van der Waals surface area contributed by atoms with E-state index in [0.717, 1.165) is 11.3 Å². The second-order valence-electron chi connectivity index (χ2n) is 5.87. The monoisotopic (exact) mass is 427 g/mol. The molecule has 1 amide bonds. The van der Waals surface area contributed by atoms with E-state index in [0.29, 0.717) is 21.3 Å². The summed E-state index contributed by atoms with van der Waals surface area (Å²) in [5.41, 5.74) is 2.37. The summed E-state index contributed by atoms with van der Waals surface area (Å²) in [5, 5.41) is 12.4. The number of thioether (sulfide) groups is 1. The first-order chi connectivity index (χ1) is 14.1. The number of nitrogens with one attached hydrogen (secondary N) is 1. The zero-order valence-electron chi connectivity index (χ0n) is 15.6. The number of esters is 1. The van der Waals surface area contributed by atoms with E-state index in [4.69, 9.17) is 16.3 Å². The second kappa shape index (κ2) is 10.0. The van der Waals surface area contributed by atoms with Gasteiger partial charge < -0.3 is 10.1 Å². The lowest BCUT2D eigenvalue weighted by Crippen LogP contribution is -2.17. The van der Waals surface area contributed by atoms with Gasteiger partial charge in [0, 0.05) is 10.6 Å². The van der Waals surface area contributed by atoms with Crippen molar-refractivity contribution >= 4 is 40.9 Å². The molecule has 0 aliphatic heterocycles. The zero-order chi connectivity index (χ0) is 20.6. The minimum Gasteiger partial charge on any atom is -0.462 e. The van der Waals surface area contributed by atoms with Crippen LogP contribution in [0.1, 0.15) is 17.3 Å². The van der Waals surface area contributed by atoms with Crippen LogP contribution in [-0.2, 0) is 9.53 Å². The van der Waals surface area contributed by atoms with Gasteiger partial charge in [-0.25, -0.2) is 4.79 Å². The average molecular weight is 428 g/mol. The fourth-order valence-electron chi connectivity index (χ4n) is 2.48. The maximum atomic E-state index is 12.3. The molecule has 0 unspecified atom stereocenters. The largest absolute Gasteiger partial charge is 0.462 e. The normalized spacial score (nSPS) is 10.4. The van der Waals surface area contributed by atoms with E-state index in [2.05, 4.69) is 15.5 Å². The second-order valence-corrected chi connectivity index (χ2v) is 7.30. The Morgan fingerprint density at radius 2 is 1.79 bits per heavy atom. The predicted octanol–water partition coefficient (Wildman–Crippen LogP) is 4.70. The highest BCUT2D eigenvalue weighted by molar-refractivity contribution is 7.99. The Hall–Kier alpha value is -2.90. The molecular weight excluding hydrogens is 410 g/mol. The molecule has 8 heteroatoms. The maximum Gasteiger partial charge on any atom is 0.340 e. The van der Waals surface area contributed by atoms with Crippen molar-refractivity contribution in [1.82, 2.24) is 10.2 Å². The van der Waals surface area contributed by atoms with Crippen molar-refractivity contribution in [3.63, 3.8) is 0 Å².